The Bertz CT molecular complexity index is 452. The minimum Gasteiger partial charge on any atom is -0.497 e. The fraction of sp³-hybridized carbons (Fsp3) is 0.562. The number of rotatable bonds is 6. The highest BCUT2D eigenvalue weighted by atomic mass is 16.5. The molecule has 1 amide bonds. The molecular formula is C16H24N2O2. The molecule has 1 saturated carbocycles. The van der Waals surface area contributed by atoms with Crippen molar-refractivity contribution < 1.29 is 9.53 Å². The van der Waals surface area contributed by atoms with Gasteiger partial charge in [-0.2, -0.15) is 0 Å². The van der Waals surface area contributed by atoms with Crippen molar-refractivity contribution in [3.8, 4) is 5.75 Å². The van der Waals surface area contributed by atoms with Gasteiger partial charge in [0, 0.05) is 6.04 Å². The fourth-order valence-corrected chi connectivity index (χ4v) is 3.07. The second-order valence-corrected chi connectivity index (χ2v) is 5.48. The van der Waals surface area contributed by atoms with Gasteiger partial charge in [-0.1, -0.05) is 31.9 Å². The highest BCUT2D eigenvalue weighted by Crippen LogP contribution is 2.30. The van der Waals surface area contributed by atoms with Gasteiger partial charge >= 0.3 is 0 Å². The van der Waals surface area contributed by atoms with Crippen LogP contribution in [0.5, 0.6) is 5.75 Å². The molecule has 0 radical (unpaired) electrons. The van der Waals surface area contributed by atoms with Crippen molar-refractivity contribution in [1.29, 1.82) is 0 Å². The van der Waals surface area contributed by atoms with E-state index in [1.807, 2.05) is 31.2 Å². The summed E-state index contributed by atoms with van der Waals surface area (Å²) in [7, 11) is 1.63. The van der Waals surface area contributed by atoms with Gasteiger partial charge in [0.1, 0.15) is 11.3 Å². The van der Waals surface area contributed by atoms with Crippen LogP contribution in [0.3, 0.4) is 0 Å². The van der Waals surface area contributed by atoms with Crippen molar-refractivity contribution in [3.05, 3.63) is 29.8 Å². The third kappa shape index (κ3) is 2.80. The Balaban J connectivity index is 2.30. The van der Waals surface area contributed by atoms with Crippen molar-refractivity contribution >= 4 is 5.91 Å². The average Bonchev–Trinajstić information content (AvgIpc) is 2.97. The number of amides is 1. The van der Waals surface area contributed by atoms with Crippen molar-refractivity contribution in [2.45, 2.75) is 50.6 Å². The van der Waals surface area contributed by atoms with Crippen molar-refractivity contribution in [2.24, 2.45) is 5.73 Å². The van der Waals surface area contributed by atoms with E-state index < -0.39 is 5.54 Å². The number of carbonyl (C=O) groups excluding carboxylic acids is 1. The molecule has 0 aromatic heterocycles. The lowest BCUT2D eigenvalue weighted by Crippen LogP contribution is -2.55. The zero-order valence-electron chi connectivity index (χ0n) is 12.3. The van der Waals surface area contributed by atoms with E-state index >= 15 is 0 Å². The van der Waals surface area contributed by atoms with Crippen LogP contribution in [0.2, 0.25) is 0 Å². The molecule has 0 heterocycles. The first-order chi connectivity index (χ1) is 9.62. The van der Waals surface area contributed by atoms with Gasteiger partial charge in [0.2, 0.25) is 5.91 Å². The fourth-order valence-electron chi connectivity index (χ4n) is 3.07. The molecule has 1 atom stereocenters. The Labute approximate surface area is 120 Å². The maximum absolute atomic E-state index is 12.1. The molecular weight excluding hydrogens is 252 g/mol. The summed E-state index contributed by atoms with van der Waals surface area (Å²) < 4.78 is 5.17. The topological polar surface area (TPSA) is 64.3 Å². The summed E-state index contributed by atoms with van der Waals surface area (Å²) in [5, 5.41) is 3.52. The first kappa shape index (κ1) is 14.9. The second kappa shape index (κ2) is 6.27. The van der Waals surface area contributed by atoms with Crippen LogP contribution in [0, 0.1) is 0 Å². The van der Waals surface area contributed by atoms with Crippen LogP contribution in [-0.2, 0) is 10.3 Å². The molecule has 1 unspecified atom stereocenters. The summed E-state index contributed by atoms with van der Waals surface area (Å²) in [4.78, 5) is 12.1. The molecule has 0 bridgehead atoms. The molecule has 3 N–H and O–H groups in total. The molecule has 1 aromatic carbocycles. The van der Waals surface area contributed by atoms with Gasteiger partial charge in [-0.15, -0.1) is 0 Å². The number of nitrogens with two attached hydrogens (primary N) is 1. The monoisotopic (exact) mass is 276 g/mol. The van der Waals surface area contributed by atoms with Crippen molar-refractivity contribution in [1.82, 2.24) is 5.32 Å². The van der Waals surface area contributed by atoms with E-state index in [9.17, 15) is 4.79 Å². The minimum absolute atomic E-state index is 0.308. The Morgan fingerprint density at radius 3 is 2.40 bits per heavy atom. The third-order valence-corrected chi connectivity index (χ3v) is 4.34. The molecule has 1 aliphatic carbocycles. The van der Waals surface area contributed by atoms with Gasteiger partial charge in [-0.3, -0.25) is 10.1 Å². The van der Waals surface area contributed by atoms with Gasteiger partial charge in [0.05, 0.1) is 7.11 Å². The number of hydrogen-bond acceptors (Lipinski definition) is 3. The zero-order valence-corrected chi connectivity index (χ0v) is 12.3. The van der Waals surface area contributed by atoms with Crippen molar-refractivity contribution in [3.63, 3.8) is 0 Å². The highest BCUT2D eigenvalue weighted by molar-refractivity contribution is 5.86. The average molecular weight is 276 g/mol. The molecule has 4 heteroatoms. The number of benzene rings is 1. The number of ether oxygens (including phenoxy) is 1. The third-order valence-electron chi connectivity index (χ3n) is 4.34. The highest BCUT2D eigenvalue weighted by Gasteiger charge is 2.39. The second-order valence-electron chi connectivity index (χ2n) is 5.48. The number of nitrogens with one attached hydrogen (secondary N) is 1. The SMILES string of the molecule is CCC(NC1CCCC1)(C(N)=O)c1ccc(OC)cc1. The lowest BCUT2D eigenvalue weighted by atomic mass is 9.85. The Hall–Kier alpha value is -1.55. The van der Waals surface area contributed by atoms with Crippen LogP contribution < -0.4 is 15.8 Å². The predicted molar refractivity (Wildman–Crippen MR) is 79.5 cm³/mol. The lowest BCUT2D eigenvalue weighted by molar-refractivity contribution is -0.125. The van der Waals surface area contributed by atoms with Crippen LogP contribution >= 0.6 is 0 Å². The van der Waals surface area contributed by atoms with Gasteiger partial charge in [-0.25, -0.2) is 0 Å². The van der Waals surface area contributed by atoms with E-state index in [-0.39, 0.29) is 5.91 Å². The van der Waals surface area contributed by atoms with Gasteiger partial charge in [0.15, 0.2) is 0 Å². The van der Waals surface area contributed by atoms with Crippen LogP contribution in [0.25, 0.3) is 0 Å². The molecule has 0 spiro atoms. The van der Waals surface area contributed by atoms with E-state index in [0.29, 0.717) is 12.5 Å². The van der Waals surface area contributed by atoms with E-state index in [4.69, 9.17) is 10.5 Å². The van der Waals surface area contributed by atoms with Crippen LogP contribution in [0.1, 0.15) is 44.6 Å². The minimum atomic E-state index is -0.777. The molecule has 1 aliphatic rings. The summed E-state index contributed by atoms with van der Waals surface area (Å²) in [5.74, 6) is 0.473. The summed E-state index contributed by atoms with van der Waals surface area (Å²) >= 11 is 0. The largest absolute Gasteiger partial charge is 0.497 e. The van der Waals surface area contributed by atoms with E-state index in [2.05, 4.69) is 5.32 Å². The molecule has 0 aliphatic heterocycles. The maximum atomic E-state index is 12.1. The van der Waals surface area contributed by atoms with E-state index in [1.165, 1.54) is 12.8 Å². The number of methoxy groups -OCH3 is 1. The van der Waals surface area contributed by atoms with Crippen LogP contribution in [-0.4, -0.2) is 19.1 Å². The number of primary amides is 1. The Morgan fingerprint density at radius 2 is 1.95 bits per heavy atom. The molecule has 2 rings (SSSR count). The smallest absolute Gasteiger partial charge is 0.242 e. The molecule has 0 saturated heterocycles. The Kier molecular flexibility index (Phi) is 4.65. The zero-order chi connectivity index (χ0) is 14.6. The number of carbonyl (C=O) groups is 1. The van der Waals surface area contributed by atoms with Gasteiger partial charge in [-0.05, 0) is 37.0 Å². The van der Waals surface area contributed by atoms with Crippen molar-refractivity contribution in [2.75, 3.05) is 7.11 Å². The maximum Gasteiger partial charge on any atom is 0.242 e. The number of hydrogen-bond donors (Lipinski definition) is 2. The summed E-state index contributed by atoms with van der Waals surface area (Å²) in [6.07, 6.45) is 5.32. The molecule has 1 fully saturated rings. The molecule has 1 aromatic rings. The first-order valence-corrected chi connectivity index (χ1v) is 7.34. The first-order valence-electron chi connectivity index (χ1n) is 7.34. The summed E-state index contributed by atoms with van der Waals surface area (Å²) in [6.45, 7) is 2.00. The Morgan fingerprint density at radius 1 is 1.35 bits per heavy atom. The van der Waals surface area contributed by atoms with E-state index in [0.717, 1.165) is 24.2 Å². The molecule has 110 valence electrons. The van der Waals surface area contributed by atoms with Gasteiger partial charge < -0.3 is 10.5 Å². The summed E-state index contributed by atoms with van der Waals surface area (Å²) in [6, 6.07) is 7.98. The summed E-state index contributed by atoms with van der Waals surface area (Å²) in [5.41, 5.74) is 5.87. The van der Waals surface area contributed by atoms with E-state index in [1.54, 1.807) is 7.11 Å². The molecule has 20 heavy (non-hydrogen) atoms. The van der Waals surface area contributed by atoms with Crippen LogP contribution in [0.15, 0.2) is 24.3 Å². The van der Waals surface area contributed by atoms with Gasteiger partial charge in [0.25, 0.3) is 0 Å². The lowest BCUT2D eigenvalue weighted by Gasteiger charge is -2.34. The standard InChI is InChI=1S/C16H24N2O2/c1-3-16(15(17)19,18-13-6-4-5-7-13)12-8-10-14(20-2)11-9-12/h8-11,13,18H,3-7H2,1-2H3,(H2,17,19). The predicted octanol–water partition coefficient (Wildman–Crippen LogP) is 2.32. The van der Waals surface area contributed by atoms with Crippen LogP contribution in [0.4, 0.5) is 0 Å². The molecule has 4 nitrogen and oxygen atoms in total. The quantitative estimate of drug-likeness (QED) is 0.838. The normalized spacial score (nSPS) is 18.7.